The summed E-state index contributed by atoms with van der Waals surface area (Å²) in [6.07, 6.45) is 0. The van der Waals surface area contributed by atoms with Crippen LogP contribution < -0.4 is 13.4 Å². The normalized spacial score (nSPS) is 10.7. The second kappa shape index (κ2) is 5.74. The molecule has 0 saturated heterocycles. The Balaban J connectivity index is 2.38. The van der Waals surface area contributed by atoms with Gasteiger partial charge in [-0.1, -0.05) is 0 Å². The van der Waals surface area contributed by atoms with Crippen molar-refractivity contribution >= 4 is 30.4 Å². The zero-order valence-corrected chi connectivity index (χ0v) is 12.0. The van der Waals surface area contributed by atoms with Crippen molar-refractivity contribution in [3.05, 3.63) is 54.1 Å². The number of benzene rings is 2. The molecule has 0 saturated carbocycles. The van der Waals surface area contributed by atoms with Gasteiger partial charge in [0.05, 0.1) is 0 Å². The number of carboxylic acid groups (broad SMARTS) is 1. The standard InChI is InChI=1S/C14H13AsO3/c1-18-11-7-8-12(14(16)17)13(9-11)15-10-5-3-2-4-6-10/h2-9,15H,1H3,(H,16,17). The molecule has 0 spiro atoms. The van der Waals surface area contributed by atoms with E-state index in [1.54, 1.807) is 19.2 Å². The van der Waals surface area contributed by atoms with E-state index in [0.29, 0.717) is 11.3 Å². The van der Waals surface area contributed by atoms with Gasteiger partial charge >= 0.3 is 112 Å². The maximum absolute atomic E-state index is 11.2. The monoisotopic (exact) mass is 304 g/mol. The van der Waals surface area contributed by atoms with Gasteiger partial charge in [0, 0.05) is 0 Å². The van der Waals surface area contributed by atoms with E-state index in [0.717, 1.165) is 4.35 Å². The number of carbonyl (C=O) groups is 1. The van der Waals surface area contributed by atoms with E-state index >= 15 is 0 Å². The number of rotatable bonds is 4. The Kier molecular flexibility index (Phi) is 4.06. The summed E-state index contributed by atoms with van der Waals surface area (Å²) in [4.78, 5) is 11.2. The molecule has 1 atom stereocenters. The van der Waals surface area contributed by atoms with Crippen LogP contribution in [0.5, 0.6) is 5.75 Å². The van der Waals surface area contributed by atoms with Gasteiger partial charge in [-0.3, -0.25) is 0 Å². The second-order valence-electron chi connectivity index (χ2n) is 3.71. The van der Waals surface area contributed by atoms with E-state index in [1.807, 2.05) is 36.4 Å². The molecule has 2 aromatic rings. The molecule has 1 N–H and O–H groups in total. The molecule has 0 amide bonds. The van der Waals surface area contributed by atoms with Crippen LogP contribution in [0.3, 0.4) is 0 Å². The van der Waals surface area contributed by atoms with Gasteiger partial charge in [0.15, 0.2) is 0 Å². The SMILES string of the molecule is COc1ccc(C(=O)O)c([AsH]c2ccccc2)c1. The van der Waals surface area contributed by atoms with Crippen molar-refractivity contribution in [3.8, 4) is 5.75 Å². The molecule has 18 heavy (non-hydrogen) atoms. The van der Waals surface area contributed by atoms with E-state index in [9.17, 15) is 9.90 Å². The Morgan fingerprint density at radius 3 is 2.50 bits per heavy atom. The van der Waals surface area contributed by atoms with Gasteiger partial charge < -0.3 is 0 Å². The Hall–Kier alpha value is -1.73. The Bertz CT molecular complexity index is 552. The molecule has 0 radical (unpaired) electrons. The second-order valence-corrected chi connectivity index (χ2v) is 6.57. The van der Waals surface area contributed by atoms with E-state index in [2.05, 4.69) is 0 Å². The first-order valence-electron chi connectivity index (χ1n) is 5.44. The fourth-order valence-corrected chi connectivity index (χ4v) is 4.15. The predicted octanol–water partition coefficient (Wildman–Crippen LogP) is 0.781. The summed E-state index contributed by atoms with van der Waals surface area (Å²) in [5.41, 5.74) is 0.375. The minimum atomic E-state index is -0.882. The summed E-state index contributed by atoms with van der Waals surface area (Å²) in [5.74, 6) is -0.179. The molecule has 1 unspecified atom stereocenters. The number of carboxylic acids is 1. The van der Waals surface area contributed by atoms with Crippen LogP contribution in [0.1, 0.15) is 10.4 Å². The average molecular weight is 304 g/mol. The third-order valence-corrected chi connectivity index (χ3v) is 5.25. The van der Waals surface area contributed by atoms with Crippen LogP contribution in [0.4, 0.5) is 0 Å². The molecule has 2 aromatic carbocycles. The number of hydrogen-bond acceptors (Lipinski definition) is 2. The van der Waals surface area contributed by atoms with Crippen molar-refractivity contribution in [1.82, 2.24) is 0 Å². The Morgan fingerprint density at radius 1 is 1.17 bits per heavy atom. The van der Waals surface area contributed by atoms with Gasteiger partial charge in [-0.2, -0.15) is 0 Å². The summed E-state index contributed by atoms with van der Waals surface area (Å²) < 4.78 is 7.24. The van der Waals surface area contributed by atoms with Crippen LogP contribution in [0.2, 0.25) is 0 Å². The summed E-state index contributed by atoms with van der Waals surface area (Å²) in [6.45, 7) is 0. The maximum atomic E-state index is 11.2. The fraction of sp³-hybridized carbons (Fsp3) is 0.0714. The van der Waals surface area contributed by atoms with Crippen molar-refractivity contribution < 1.29 is 14.6 Å². The third kappa shape index (κ3) is 2.93. The van der Waals surface area contributed by atoms with E-state index in [1.165, 1.54) is 4.35 Å². The molecule has 0 fully saturated rings. The van der Waals surface area contributed by atoms with Crippen molar-refractivity contribution in [3.63, 3.8) is 0 Å². The van der Waals surface area contributed by atoms with Crippen LogP contribution in [0.15, 0.2) is 48.5 Å². The molecule has 0 aliphatic carbocycles. The van der Waals surface area contributed by atoms with Crippen LogP contribution in [-0.4, -0.2) is 33.9 Å². The quantitative estimate of drug-likeness (QED) is 0.849. The van der Waals surface area contributed by atoms with Crippen molar-refractivity contribution in [1.29, 1.82) is 0 Å². The molecule has 2 rings (SSSR count). The van der Waals surface area contributed by atoms with Gasteiger partial charge in [-0.25, -0.2) is 0 Å². The van der Waals surface area contributed by atoms with E-state index in [-0.39, 0.29) is 0 Å². The molecule has 92 valence electrons. The zero-order chi connectivity index (χ0) is 13.0. The summed E-state index contributed by atoms with van der Waals surface area (Å²) >= 11 is -0.659. The van der Waals surface area contributed by atoms with Crippen molar-refractivity contribution in [2.24, 2.45) is 0 Å². The Morgan fingerprint density at radius 2 is 1.89 bits per heavy atom. The van der Waals surface area contributed by atoms with Crippen LogP contribution >= 0.6 is 0 Å². The molecule has 0 aliphatic rings. The number of methoxy groups -OCH3 is 1. The third-order valence-electron chi connectivity index (χ3n) is 2.51. The first kappa shape index (κ1) is 12.7. The van der Waals surface area contributed by atoms with Crippen molar-refractivity contribution in [2.75, 3.05) is 7.11 Å². The van der Waals surface area contributed by atoms with Crippen LogP contribution in [0.25, 0.3) is 0 Å². The number of hydrogen-bond donors (Lipinski definition) is 1. The van der Waals surface area contributed by atoms with Gasteiger partial charge in [-0.15, -0.1) is 0 Å². The van der Waals surface area contributed by atoms with E-state index in [4.69, 9.17) is 4.74 Å². The molecule has 0 aromatic heterocycles. The average Bonchev–Trinajstić information content (AvgIpc) is 2.39. The van der Waals surface area contributed by atoms with E-state index < -0.39 is 21.7 Å². The molecule has 4 heteroatoms. The number of ether oxygens (including phenoxy) is 1. The summed E-state index contributed by atoms with van der Waals surface area (Å²) in [7, 11) is 1.59. The zero-order valence-electron chi connectivity index (χ0n) is 9.88. The molecule has 0 heterocycles. The minimum absolute atomic E-state index is 0.375. The summed E-state index contributed by atoms with van der Waals surface area (Å²) in [6, 6.07) is 15.1. The first-order valence-corrected chi connectivity index (χ1v) is 7.54. The molecule has 0 bridgehead atoms. The topological polar surface area (TPSA) is 46.5 Å². The molecular weight excluding hydrogens is 291 g/mol. The first-order chi connectivity index (χ1) is 8.70. The Labute approximate surface area is 112 Å². The molecule has 3 nitrogen and oxygen atoms in total. The predicted molar refractivity (Wildman–Crippen MR) is 72.8 cm³/mol. The van der Waals surface area contributed by atoms with Crippen LogP contribution in [0, 0.1) is 0 Å². The van der Waals surface area contributed by atoms with Gasteiger partial charge in [-0.05, 0) is 0 Å². The number of aromatic carboxylic acids is 1. The summed E-state index contributed by atoms with van der Waals surface area (Å²) in [5, 5.41) is 9.19. The molecule has 0 aliphatic heterocycles. The van der Waals surface area contributed by atoms with Crippen molar-refractivity contribution in [2.45, 2.75) is 0 Å². The van der Waals surface area contributed by atoms with Crippen LogP contribution in [-0.2, 0) is 0 Å². The molecular formula is C14H13AsO3. The fourth-order valence-electron chi connectivity index (χ4n) is 1.62. The van der Waals surface area contributed by atoms with Gasteiger partial charge in [0.25, 0.3) is 0 Å². The van der Waals surface area contributed by atoms with Gasteiger partial charge in [0.1, 0.15) is 0 Å². The van der Waals surface area contributed by atoms with Gasteiger partial charge in [0.2, 0.25) is 0 Å².